The second-order valence-corrected chi connectivity index (χ2v) is 7.12. The molecule has 2 aliphatic heterocycles. The molecule has 7 nitrogen and oxygen atoms in total. The van der Waals surface area contributed by atoms with E-state index in [2.05, 4.69) is 44.5 Å². The van der Waals surface area contributed by atoms with Crippen LogP contribution in [0.2, 0.25) is 0 Å². The number of morpholine rings is 1. The van der Waals surface area contributed by atoms with Crippen LogP contribution in [-0.4, -0.2) is 60.4 Å². The number of hydrogen-bond acceptors (Lipinski definition) is 7. The van der Waals surface area contributed by atoms with E-state index >= 15 is 0 Å². The molecule has 0 unspecified atom stereocenters. The standard InChI is InChI=1S/C21H23N5O2/c1-3-16(26-9-11-27-12-10-26)4-2-15(1)18-13-19-20(24-8-7-23-19)21(25-18)28-17-5-6-22-14-17/h1-4,7-8,13,17,22H,5-6,9-12,14H2/t17-/m1/s1. The van der Waals surface area contributed by atoms with Crippen LogP contribution >= 0.6 is 0 Å². The Morgan fingerprint density at radius 2 is 1.89 bits per heavy atom. The molecule has 5 rings (SSSR count). The largest absolute Gasteiger partial charge is 0.471 e. The fourth-order valence-corrected chi connectivity index (χ4v) is 3.72. The lowest BCUT2D eigenvalue weighted by Crippen LogP contribution is -2.36. The number of nitrogens with zero attached hydrogens (tertiary/aromatic N) is 4. The van der Waals surface area contributed by atoms with Gasteiger partial charge in [0.2, 0.25) is 5.88 Å². The van der Waals surface area contributed by atoms with Gasteiger partial charge in [-0.3, -0.25) is 4.98 Å². The highest BCUT2D eigenvalue weighted by molar-refractivity contribution is 5.83. The van der Waals surface area contributed by atoms with Crippen LogP contribution in [0, 0.1) is 0 Å². The second-order valence-electron chi connectivity index (χ2n) is 7.12. The molecule has 4 heterocycles. The molecule has 144 valence electrons. The van der Waals surface area contributed by atoms with Crippen LogP contribution in [0.1, 0.15) is 6.42 Å². The zero-order chi connectivity index (χ0) is 18.8. The zero-order valence-electron chi connectivity index (χ0n) is 15.7. The number of anilines is 1. The average Bonchev–Trinajstić information content (AvgIpc) is 3.27. The highest BCUT2D eigenvalue weighted by Gasteiger charge is 2.20. The minimum atomic E-state index is 0.122. The SMILES string of the molecule is c1cnc2c(O[C@@H]3CCNC3)nc(-c3ccc(N4CCOCC4)cc3)cc2n1. The molecule has 28 heavy (non-hydrogen) atoms. The fourth-order valence-electron chi connectivity index (χ4n) is 3.72. The maximum atomic E-state index is 6.17. The summed E-state index contributed by atoms with van der Waals surface area (Å²) in [4.78, 5) is 16.0. The predicted molar refractivity (Wildman–Crippen MR) is 108 cm³/mol. The molecule has 0 saturated carbocycles. The lowest BCUT2D eigenvalue weighted by atomic mass is 10.1. The molecule has 2 saturated heterocycles. The molecular weight excluding hydrogens is 354 g/mol. The lowest BCUT2D eigenvalue weighted by molar-refractivity contribution is 0.122. The van der Waals surface area contributed by atoms with Crippen LogP contribution in [-0.2, 0) is 4.74 Å². The summed E-state index contributed by atoms with van der Waals surface area (Å²) in [5.41, 5.74) is 4.61. The van der Waals surface area contributed by atoms with Crippen LogP contribution in [0.25, 0.3) is 22.3 Å². The van der Waals surface area contributed by atoms with E-state index in [1.54, 1.807) is 12.4 Å². The molecule has 0 amide bonds. The summed E-state index contributed by atoms with van der Waals surface area (Å²) in [7, 11) is 0. The predicted octanol–water partition coefficient (Wildman–Crippen LogP) is 2.27. The van der Waals surface area contributed by atoms with Crippen molar-refractivity contribution in [3.8, 4) is 17.1 Å². The molecule has 2 aromatic heterocycles. The van der Waals surface area contributed by atoms with Crippen molar-refractivity contribution in [1.29, 1.82) is 0 Å². The van der Waals surface area contributed by atoms with Crippen LogP contribution < -0.4 is 15.0 Å². The molecule has 7 heteroatoms. The molecule has 2 aliphatic rings. The van der Waals surface area contributed by atoms with Gasteiger partial charge in [-0.15, -0.1) is 0 Å². The molecule has 0 bridgehead atoms. The molecule has 0 radical (unpaired) electrons. The van der Waals surface area contributed by atoms with E-state index in [1.807, 2.05) is 6.07 Å². The summed E-state index contributed by atoms with van der Waals surface area (Å²) in [6, 6.07) is 10.5. The minimum absolute atomic E-state index is 0.122. The molecule has 1 atom stereocenters. The van der Waals surface area contributed by atoms with Gasteiger partial charge in [0, 0.05) is 43.3 Å². The fraction of sp³-hybridized carbons (Fsp3) is 0.381. The van der Waals surface area contributed by atoms with Crippen LogP contribution in [0.3, 0.4) is 0 Å². The van der Waals surface area contributed by atoms with Crippen molar-refractivity contribution >= 4 is 16.7 Å². The van der Waals surface area contributed by atoms with Crippen molar-refractivity contribution in [1.82, 2.24) is 20.3 Å². The second kappa shape index (κ2) is 7.69. The monoisotopic (exact) mass is 377 g/mol. The molecular formula is C21H23N5O2. The van der Waals surface area contributed by atoms with Crippen molar-refractivity contribution in [3.63, 3.8) is 0 Å². The third-order valence-electron chi connectivity index (χ3n) is 5.26. The van der Waals surface area contributed by atoms with Gasteiger partial charge in [-0.1, -0.05) is 12.1 Å². The Balaban J connectivity index is 1.47. The van der Waals surface area contributed by atoms with E-state index in [0.29, 0.717) is 11.4 Å². The summed E-state index contributed by atoms with van der Waals surface area (Å²) < 4.78 is 11.6. The summed E-state index contributed by atoms with van der Waals surface area (Å²) in [5, 5.41) is 3.32. The number of benzene rings is 1. The van der Waals surface area contributed by atoms with Crippen LogP contribution in [0.5, 0.6) is 5.88 Å². The first-order valence-corrected chi connectivity index (χ1v) is 9.79. The van der Waals surface area contributed by atoms with Gasteiger partial charge in [-0.2, -0.15) is 0 Å². The van der Waals surface area contributed by atoms with Crippen molar-refractivity contribution < 1.29 is 9.47 Å². The Morgan fingerprint density at radius 1 is 1.07 bits per heavy atom. The highest BCUT2D eigenvalue weighted by atomic mass is 16.5. The smallest absolute Gasteiger partial charge is 0.243 e. The van der Waals surface area contributed by atoms with Gasteiger partial charge in [0.1, 0.15) is 6.10 Å². The van der Waals surface area contributed by atoms with Gasteiger partial charge in [-0.25, -0.2) is 9.97 Å². The Morgan fingerprint density at radius 3 is 2.68 bits per heavy atom. The van der Waals surface area contributed by atoms with E-state index in [4.69, 9.17) is 14.5 Å². The molecule has 0 spiro atoms. The third-order valence-corrected chi connectivity index (χ3v) is 5.26. The zero-order valence-corrected chi connectivity index (χ0v) is 15.7. The van der Waals surface area contributed by atoms with Crippen molar-refractivity contribution in [2.75, 3.05) is 44.3 Å². The third kappa shape index (κ3) is 3.50. The first-order valence-electron chi connectivity index (χ1n) is 9.79. The number of rotatable bonds is 4. The number of hydrogen-bond donors (Lipinski definition) is 1. The maximum absolute atomic E-state index is 6.17. The Bertz CT molecular complexity index is 951. The first-order chi connectivity index (χ1) is 13.9. The molecule has 0 aliphatic carbocycles. The van der Waals surface area contributed by atoms with Crippen LogP contribution in [0.4, 0.5) is 5.69 Å². The Hall–Kier alpha value is -2.77. The summed E-state index contributed by atoms with van der Waals surface area (Å²) in [6.45, 7) is 5.22. The topological polar surface area (TPSA) is 72.4 Å². The normalized spacial score (nSPS) is 19.9. The number of ether oxygens (including phenoxy) is 2. The number of aromatic nitrogens is 3. The minimum Gasteiger partial charge on any atom is -0.471 e. The number of fused-ring (bicyclic) bond motifs is 1. The number of pyridine rings is 1. The van der Waals surface area contributed by atoms with Gasteiger partial charge in [0.15, 0.2) is 5.52 Å². The Kier molecular flexibility index (Phi) is 4.76. The van der Waals surface area contributed by atoms with E-state index < -0.39 is 0 Å². The number of nitrogens with one attached hydrogen (secondary N) is 1. The van der Waals surface area contributed by atoms with Gasteiger partial charge < -0.3 is 19.7 Å². The highest BCUT2D eigenvalue weighted by Crippen LogP contribution is 2.29. The summed E-state index contributed by atoms with van der Waals surface area (Å²) >= 11 is 0. The van der Waals surface area contributed by atoms with E-state index in [1.165, 1.54) is 5.69 Å². The molecule has 2 fully saturated rings. The van der Waals surface area contributed by atoms with Crippen molar-refractivity contribution in [2.24, 2.45) is 0 Å². The van der Waals surface area contributed by atoms with E-state index in [9.17, 15) is 0 Å². The molecule has 3 aromatic rings. The summed E-state index contributed by atoms with van der Waals surface area (Å²) in [5.74, 6) is 0.562. The first kappa shape index (κ1) is 17.3. The van der Waals surface area contributed by atoms with Crippen molar-refractivity contribution in [3.05, 3.63) is 42.7 Å². The molecule has 1 N–H and O–H groups in total. The van der Waals surface area contributed by atoms with Gasteiger partial charge >= 0.3 is 0 Å². The maximum Gasteiger partial charge on any atom is 0.243 e. The van der Waals surface area contributed by atoms with Gasteiger partial charge in [0.05, 0.1) is 24.4 Å². The average molecular weight is 377 g/mol. The van der Waals surface area contributed by atoms with Gasteiger partial charge in [0.25, 0.3) is 0 Å². The molecule has 1 aromatic carbocycles. The lowest BCUT2D eigenvalue weighted by Gasteiger charge is -2.28. The van der Waals surface area contributed by atoms with E-state index in [-0.39, 0.29) is 6.10 Å². The summed E-state index contributed by atoms with van der Waals surface area (Å²) in [6.07, 6.45) is 4.48. The van der Waals surface area contributed by atoms with Crippen molar-refractivity contribution in [2.45, 2.75) is 12.5 Å². The Labute approximate surface area is 163 Å². The van der Waals surface area contributed by atoms with Crippen LogP contribution in [0.15, 0.2) is 42.7 Å². The van der Waals surface area contributed by atoms with E-state index in [0.717, 1.165) is 62.6 Å². The quantitative estimate of drug-likeness (QED) is 0.748. The van der Waals surface area contributed by atoms with Gasteiger partial charge in [-0.05, 0) is 31.2 Å².